The molecular formula is C8H7ClN4S2. The molecule has 0 saturated carbocycles. The molecule has 0 spiro atoms. The van der Waals surface area contributed by atoms with Crippen molar-refractivity contribution in [1.29, 1.82) is 0 Å². The van der Waals surface area contributed by atoms with E-state index >= 15 is 0 Å². The molecule has 0 radical (unpaired) electrons. The molecule has 0 aliphatic carbocycles. The lowest BCUT2D eigenvalue weighted by molar-refractivity contribution is 0.969. The Morgan fingerprint density at radius 1 is 1.40 bits per heavy atom. The molecule has 0 fully saturated rings. The zero-order valence-electron chi connectivity index (χ0n) is 7.85. The Balaban J connectivity index is 2.14. The van der Waals surface area contributed by atoms with Crippen molar-refractivity contribution < 1.29 is 0 Å². The molecule has 0 N–H and O–H groups in total. The first kappa shape index (κ1) is 10.8. The Morgan fingerprint density at radius 3 is 2.93 bits per heavy atom. The molecule has 2 rings (SSSR count). The van der Waals surface area contributed by atoms with Gasteiger partial charge >= 0.3 is 0 Å². The van der Waals surface area contributed by atoms with E-state index in [-0.39, 0.29) is 0 Å². The lowest BCUT2D eigenvalue weighted by atomic mass is 10.5. The highest BCUT2D eigenvalue weighted by Crippen LogP contribution is 2.27. The van der Waals surface area contributed by atoms with Gasteiger partial charge in [0.15, 0.2) is 4.34 Å². The highest BCUT2D eigenvalue weighted by atomic mass is 35.5. The van der Waals surface area contributed by atoms with E-state index < -0.39 is 0 Å². The third kappa shape index (κ3) is 2.87. The van der Waals surface area contributed by atoms with Gasteiger partial charge in [-0.25, -0.2) is 9.97 Å². The zero-order chi connectivity index (χ0) is 10.7. The highest BCUT2D eigenvalue weighted by Gasteiger charge is 2.06. The van der Waals surface area contributed by atoms with Gasteiger partial charge in [0.2, 0.25) is 0 Å². The molecule has 2 aromatic rings. The summed E-state index contributed by atoms with van der Waals surface area (Å²) in [6.07, 6.45) is 4.00. The van der Waals surface area contributed by atoms with E-state index in [2.05, 4.69) is 19.3 Å². The average Bonchev–Trinajstić information content (AvgIpc) is 2.65. The Labute approximate surface area is 100 Å². The topological polar surface area (TPSA) is 51.6 Å². The number of halogens is 1. The summed E-state index contributed by atoms with van der Waals surface area (Å²) in [5, 5.41) is 1.13. The van der Waals surface area contributed by atoms with E-state index in [0.717, 1.165) is 21.6 Å². The Kier molecular flexibility index (Phi) is 3.50. The Hall–Kier alpha value is -0.720. The molecule has 2 aromatic heterocycles. The van der Waals surface area contributed by atoms with Crippen LogP contribution in [0.3, 0.4) is 0 Å². The minimum atomic E-state index is 0.389. The second kappa shape index (κ2) is 4.87. The van der Waals surface area contributed by atoms with E-state index in [4.69, 9.17) is 11.6 Å². The highest BCUT2D eigenvalue weighted by molar-refractivity contribution is 8.00. The molecule has 0 atom stereocenters. The van der Waals surface area contributed by atoms with Gasteiger partial charge in [-0.1, -0.05) is 18.5 Å². The Morgan fingerprint density at radius 2 is 2.27 bits per heavy atom. The lowest BCUT2D eigenvalue weighted by Gasteiger charge is -1.94. The molecule has 0 unspecified atom stereocenters. The van der Waals surface area contributed by atoms with Crippen LogP contribution in [0.25, 0.3) is 0 Å². The summed E-state index contributed by atoms with van der Waals surface area (Å²) in [6, 6.07) is 0. The molecular weight excluding hydrogens is 252 g/mol. The standard InChI is InChI=1S/C8H7ClN4S2/c1-2-6-12-8(15-13-6)14-7-4-10-3-5(9)11-7/h3-4H,2H2,1H3. The molecule has 7 heteroatoms. The fourth-order valence-corrected chi connectivity index (χ4v) is 2.69. The molecule has 0 aliphatic heterocycles. The number of aromatic nitrogens is 4. The van der Waals surface area contributed by atoms with Crippen molar-refractivity contribution in [3.8, 4) is 0 Å². The summed E-state index contributed by atoms with van der Waals surface area (Å²) >= 11 is 8.51. The quantitative estimate of drug-likeness (QED) is 0.847. The molecule has 0 bridgehead atoms. The van der Waals surface area contributed by atoms with Crippen LogP contribution in [0.1, 0.15) is 12.7 Å². The van der Waals surface area contributed by atoms with Crippen LogP contribution in [0.2, 0.25) is 5.15 Å². The second-order valence-corrected chi connectivity index (χ2v) is 5.02. The van der Waals surface area contributed by atoms with Gasteiger partial charge in [0.1, 0.15) is 16.0 Å². The molecule has 15 heavy (non-hydrogen) atoms. The maximum atomic E-state index is 5.72. The van der Waals surface area contributed by atoms with Crippen molar-refractivity contribution in [3.05, 3.63) is 23.4 Å². The van der Waals surface area contributed by atoms with Gasteiger partial charge < -0.3 is 0 Å². The van der Waals surface area contributed by atoms with E-state index in [1.807, 2.05) is 6.92 Å². The first-order chi connectivity index (χ1) is 7.28. The third-order valence-corrected chi connectivity index (χ3v) is 3.42. The van der Waals surface area contributed by atoms with Crippen LogP contribution in [0.15, 0.2) is 21.8 Å². The predicted molar refractivity (Wildman–Crippen MR) is 60.5 cm³/mol. The van der Waals surface area contributed by atoms with Crippen LogP contribution in [0.4, 0.5) is 0 Å². The summed E-state index contributed by atoms with van der Waals surface area (Å²) < 4.78 is 5.05. The predicted octanol–water partition coefficient (Wildman–Crippen LogP) is 2.70. The Bertz CT molecular complexity index is 459. The van der Waals surface area contributed by atoms with Crippen LogP contribution >= 0.6 is 34.9 Å². The maximum absolute atomic E-state index is 5.72. The van der Waals surface area contributed by atoms with Crippen LogP contribution in [0, 0.1) is 0 Å². The molecule has 2 heterocycles. The third-order valence-electron chi connectivity index (χ3n) is 1.54. The van der Waals surface area contributed by atoms with Crippen LogP contribution in [-0.4, -0.2) is 19.3 Å². The van der Waals surface area contributed by atoms with Crippen molar-refractivity contribution in [1.82, 2.24) is 19.3 Å². The van der Waals surface area contributed by atoms with Gasteiger partial charge in [-0.2, -0.15) is 4.37 Å². The van der Waals surface area contributed by atoms with E-state index in [1.165, 1.54) is 29.5 Å². The van der Waals surface area contributed by atoms with Crippen molar-refractivity contribution in [2.24, 2.45) is 0 Å². The number of aryl methyl sites for hydroxylation is 1. The van der Waals surface area contributed by atoms with Gasteiger partial charge in [-0.05, 0) is 23.3 Å². The number of nitrogens with zero attached hydrogens (tertiary/aromatic N) is 4. The maximum Gasteiger partial charge on any atom is 0.176 e. The minimum Gasteiger partial charge on any atom is -0.259 e. The monoisotopic (exact) mass is 258 g/mol. The van der Waals surface area contributed by atoms with Crippen LogP contribution < -0.4 is 0 Å². The summed E-state index contributed by atoms with van der Waals surface area (Å²) in [5.74, 6) is 0.859. The fourth-order valence-electron chi connectivity index (χ4n) is 0.887. The number of rotatable bonds is 3. The molecule has 78 valence electrons. The normalized spacial score (nSPS) is 10.5. The van der Waals surface area contributed by atoms with Crippen LogP contribution in [0.5, 0.6) is 0 Å². The zero-order valence-corrected chi connectivity index (χ0v) is 10.2. The molecule has 0 aromatic carbocycles. The second-order valence-electron chi connectivity index (χ2n) is 2.61. The number of hydrogen-bond acceptors (Lipinski definition) is 6. The lowest BCUT2D eigenvalue weighted by Crippen LogP contribution is -1.84. The molecule has 0 aliphatic rings. The average molecular weight is 259 g/mol. The molecule has 0 amide bonds. The van der Waals surface area contributed by atoms with Crippen molar-refractivity contribution in [2.75, 3.05) is 0 Å². The van der Waals surface area contributed by atoms with Gasteiger partial charge in [-0.15, -0.1) is 0 Å². The molecule has 4 nitrogen and oxygen atoms in total. The van der Waals surface area contributed by atoms with Crippen molar-refractivity contribution in [3.63, 3.8) is 0 Å². The summed E-state index contributed by atoms with van der Waals surface area (Å²) in [6.45, 7) is 2.02. The fraction of sp³-hybridized carbons (Fsp3) is 0.250. The van der Waals surface area contributed by atoms with Gasteiger partial charge in [-0.3, -0.25) is 4.98 Å². The summed E-state index contributed by atoms with van der Waals surface area (Å²) in [4.78, 5) is 12.4. The van der Waals surface area contributed by atoms with Gasteiger partial charge in [0.05, 0.1) is 12.4 Å². The smallest absolute Gasteiger partial charge is 0.176 e. The minimum absolute atomic E-state index is 0.389. The first-order valence-electron chi connectivity index (χ1n) is 4.26. The summed E-state index contributed by atoms with van der Waals surface area (Å²) in [7, 11) is 0. The van der Waals surface area contributed by atoms with Gasteiger partial charge in [0.25, 0.3) is 0 Å². The molecule has 0 saturated heterocycles. The van der Waals surface area contributed by atoms with E-state index in [1.54, 1.807) is 6.20 Å². The largest absolute Gasteiger partial charge is 0.259 e. The van der Waals surface area contributed by atoms with Crippen LogP contribution in [-0.2, 0) is 6.42 Å². The SMILES string of the molecule is CCc1nsc(Sc2cncc(Cl)n2)n1. The number of hydrogen-bond donors (Lipinski definition) is 0. The summed E-state index contributed by atoms with van der Waals surface area (Å²) in [5.41, 5.74) is 0. The van der Waals surface area contributed by atoms with E-state index in [9.17, 15) is 0 Å². The van der Waals surface area contributed by atoms with E-state index in [0.29, 0.717) is 5.15 Å². The van der Waals surface area contributed by atoms with Gasteiger partial charge in [0, 0.05) is 6.42 Å². The first-order valence-corrected chi connectivity index (χ1v) is 6.22. The van der Waals surface area contributed by atoms with Crippen molar-refractivity contribution in [2.45, 2.75) is 22.7 Å². The van der Waals surface area contributed by atoms with Crippen molar-refractivity contribution >= 4 is 34.9 Å².